The van der Waals surface area contributed by atoms with E-state index in [1.54, 1.807) is 0 Å². The molecule has 0 fully saturated rings. The molecule has 1 amide bonds. The lowest BCUT2D eigenvalue weighted by Gasteiger charge is -2.11. The first-order valence-corrected chi connectivity index (χ1v) is 7.50. The van der Waals surface area contributed by atoms with Gasteiger partial charge in [0.2, 0.25) is 5.91 Å². The van der Waals surface area contributed by atoms with E-state index in [2.05, 4.69) is 5.32 Å². The summed E-state index contributed by atoms with van der Waals surface area (Å²) in [6.45, 7) is 5.58. The molecule has 0 radical (unpaired) electrons. The van der Waals surface area contributed by atoms with E-state index in [1.807, 2.05) is 38.1 Å². The van der Waals surface area contributed by atoms with Crippen molar-refractivity contribution >= 4 is 18.3 Å². The van der Waals surface area contributed by atoms with Gasteiger partial charge >= 0.3 is 0 Å². The number of halogens is 1. The van der Waals surface area contributed by atoms with Gasteiger partial charge in [0.1, 0.15) is 0 Å². The molecule has 6 heteroatoms. The number of amides is 1. The van der Waals surface area contributed by atoms with Crippen LogP contribution >= 0.6 is 12.4 Å². The van der Waals surface area contributed by atoms with E-state index in [-0.39, 0.29) is 24.4 Å². The number of hydrogen-bond acceptors (Lipinski definition) is 4. The topological polar surface area (TPSA) is 73.6 Å². The number of carbonyl (C=O) groups excluding carboxylic acids is 1. The van der Waals surface area contributed by atoms with Crippen LogP contribution < -0.4 is 20.5 Å². The van der Waals surface area contributed by atoms with Crippen molar-refractivity contribution in [3.63, 3.8) is 0 Å². The molecule has 126 valence electrons. The van der Waals surface area contributed by atoms with Crippen molar-refractivity contribution in [1.29, 1.82) is 0 Å². The van der Waals surface area contributed by atoms with Gasteiger partial charge in [-0.15, -0.1) is 12.4 Å². The Kier molecular flexibility index (Phi) is 11.3. The number of carbonyl (C=O) groups is 1. The van der Waals surface area contributed by atoms with E-state index < -0.39 is 0 Å². The van der Waals surface area contributed by atoms with Crippen LogP contribution in [0, 0.1) is 0 Å². The molecule has 1 aromatic carbocycles. The fraction of sp³-hybridized carbons (Fsp3) is 0.562. The minimum Gasteiger partial charge on any atom is -0.490 e. The van der Waals surface area contributed by atoms with Gasteiger partial charge in [-0.05, 0) is 38.8 Å². The fourth-order valence-corrected chi connectivity index (χ4v) is 1.79. The molecule has 0 bridgehead atoms. The van der Waals surface area contributed by atoms with E-state index in [1.165, 1.54) is 0 Å². The third kappa shape index (κ3) is 8.74. The van der Waals surface area contributed by atoms with Gasteiger partial charge in [-0.25, -0.2) is 0 Å². The van der Waals surface area contributed by atoms with Crippen molar-refractivity contribution in [3.05, 3.63) is 24.3 Å². The third-order valence-corrected chi connectivity index (χ3v) is 2.88. The monoisotopic (exact) mass is 330 g/mol. The zero-order chi connectivity index (χ0) is 15.5. The highest BCUT2D eigenvalue weighted by atomic mass is 35.5. The number of benzene rings is 1. The Labute approximate surface area is 139 Å². The van der Waals surface area contributed by atoms with Gasteiger partial charge in [-0.3, -0.25) is 4.79 Å². The Bertz CT molecular complexity index is 428. The van der Waals surface area contributed by atoms with Crippen LogP contribution in [0.4, 0.5) is 0 Å². The third-order valence-electron chi connectivity index (χ3n) is 2.88. The van der Waals surface area contributed by atoms with Crippen LogP contribution in [0.25, 0.3) is 0 Å². The minimum atomic E-state index is 0. The summed E-state index contributed by atoms with van der Waals surface area (Å²) in [4.78, 5) is 11.6. The highest BCUT2D eigenvalue weighted by Crippen LogP contribution is 2.26. The number of ether oxygens (including phenoxy) is 2. The number of nitrogens with two attached hydrogens (primary N) is 1. The molecule has 0 saturated heterocycles. The predicted octanol–water partition coefficient (Wildman–Crippen LogP) is 2.52. The number of nitrogens with one attached hydrogen (secondary N) is 1. The first kappa shape index (κ1) is 20.5. The van der Waals surface area contributed by atoms with Crippen LogP contribution in [0.3, 0.4) is 0 Å². The molecule has 22 heavy (non-hydrogen) atoms. The summed E-state index contributed by atoms with van der Waals surface area (Å²) in [7, 11) is 0. The molecule has 0 aliphatic heterocycles. The van der Waals surface area contributed by atoms with E-state index in [9.17, 15) is 4.79 Å². The second-order valence-corrected chi connectivity index (χ2v) is 4.95. The molecule has 0 aliphatic rings. The van der Waals surface area contributed by atoms with E-state index in [4.69, 9.17) is 15.2 Å². The number of para-hydroxylation sites is 2. The SMILES string of the molecule is CCOc1ccccc1OCCCC(=O)NCCC(C)N.Cl. The van der Waals surface area contributed by atoms with Gasteiger partial charge in [0, 0.05) is 19.0 Å². The second kappa shape index (κ2) is 12.1. The summed E-state index contributed by atoms with van der Waals surface area (Å²) >= 11 is 0. The molecule has 1 atom stereocenters. The Balaban J connectivity index is 0.00000441. The molecule has 0 spiro atoms. The van der Waals surface area contributed by atoms with Crippen molar-refractivity contribution in [3.8, 4) is 11.5 Å². The molecular weight excluding hydrogens is 304 g/mol. The molecule has 0 saturated carbocycles. The van der Waals surface area contributed by atoms with Crippen molar-refractivity contribution in [2.45, 2.75) is 39.2 Å². The van der Waals surface area contributed by atoms with Gasteiger partial charge in [0.15, 0.2) is 11.5 Å². The maximum absolute atomic E-state index is 11.6. The molecule has 0 heterocycles. The number of rotatable bonds is 10. The molecular formula is C16H27ClN2O3. The highest BCUT2D eigenvalue weighted by Gasteiger charge is 2.05. The lowest BCUT2D eigenvalue weighted by Crippen LogP contribution is -2.28. The van der Waals surface area contributed by atoms with Crippen LogP contribution in [-0.2, 0) is 4.79 Å². The molecule has 1 aromatic rings. The lowest BCUT2D eigenvalue weighted by molar-refractivity contribution is -0.121. The standard InChI is InChI=1S/C16H26N2O3.ClH/c1-3-20-14-7-4-5-8-15(14)21-12-6-9-16(19)18-11-10-13(2)17;/h4-5,7-8,13H,3,6,9-12,17H2,1-2H3,(H,18,19);1H. The first-order chi connectivity index (χ1) is 10.1. The average molecular weight is 331 g/mol. The molecule has 0 aliphatic carbocycles. The van der Waals surface area contributed by atoms with Crippen LogP contribution in [0.5, 0.6) is 11.5 Å². The van der Waals surface area contributed by atoms with Gasteiger partial charge in [0.25, 0.3) is 0 Å². The zero-order valence-electron chi connectivity index (χ0n) is 13.3. The maximum atomic E-state index is 11.6. The smallest absolute Gasteiger partial charge is 0.220 e. The van der Waals surface area contributed by atoms with Crippen molar-refractivity contribution in [2.24, 2.45) is 5.73 Å². The Hall–Kier alpha value is -1.46. The summed E-state index contributed by atoms with van der Waals surface area (Å²) in [5, 5.41) is 2.85. The summed E-state index contributed by atoms with van der Waals surface area (Å²) in [6.07, 6.45) is 1.92. The van der Waals surface area contributed by atoms with E-state index >= 15 is 0 Å². The van der Waals surface area contributed by atoms with Crippen LogP contribution in [0.1, 0.15) is 33.1 Å². The summed E-state index contributed by atoms with van der Waals surface area (Å²) in [5.41, 5.74) is 5.62. The molecule has 3 N–H and O–H groups in total. The van der Waals surface area contributed by atoms with E-state index in [0.717, 1.165) is 17.9 Å². The fourth-order valence-electron chi connectivity index (χ4n) is 1.79. The summed E-state index contributed by atoms with van der Waals surface area (Å²) in [5.74, 6) is 1.50. The van der Waals surface area contributed by atoms with Crippen LogP contribution in [0.15, 0.2) is 24.3 Å². The average Bonchev–Trinajstić information content (AvgIpc) is 2.45. The summed E-state index contributed by atoms with van der Waals surface area (Å²) < 4.78 is 11.1. The molecule has 0 aromatic heterocycles. The van der Waals surface area contributed by atoms with Crippen LogP contribution in [-0.4, -0.2) is 31.7 Å². The first-order valence-electron chi connectivity index (χ1n) is 7.50. The van der Waals surface area contributed by atoms with Gasteiger partial charge in [-0.1, -0.05) is 12.1 Å². The Morgan fingerprint density at radius 3 is 2.50 bits per heavy atom. The molecule has 1 rings (SSSR count). The summed E-state index contributed by atoms with van der Waals surface area (Å²) in [6, 6.07) is 7.67. The van der Waals surface area contributed by atoms with Crippen molar-refractivity contribution in [2.75, 3.05) is 19.8 Å². The quantitative estimate of drug-likeness (QED) is 0.646. The van der Waals surface area contributed by atoms with Crippen LogP contribution in [0.2, 0.25) is 0 Å². The van der Waals surface area contributed by atoms with Crippen molar-refractivity contribution < 1.29 is 14.3 Å². The largest absolute Gasteiger partial charge is 0.490 e. The van der Waals surface area contributed by atoms with Gasteiger partial charge < -0.3 is 20.5 Å². The van der Waals surface area contributed by atoms with E-state index in [0.29, 0.717) is 32.6 Å². The second-order valence-electron chi connectivity index (χ2n) is 4.95. The Morgan fingerprint density at radius 1 is 1.27 bits per heavy atom. The lowest BCUT2D eigenvalue weighted by atomic mass is 10.2. The minimum absolute atomic E-state index is 0. The number of hydrogen-bond donors (Lipinski definition) is 2. The normalized spacial score (nSPS) is 11.2. The zero-order valence-corrected chi connectivity index (χ0v) is 14.2. The molecule has 1 unspecified atom stereocenters. The van der Waals surface area contributed by atoms with Gasteiger partial charge in [0.05, 0.1) is 13.2 Å². The Morgan fingerprint density at radius 2 is 1.91 bits per heavy atom. The maximum Gasteiger partial charge on any atom is 0.220 e. The van der Waals surface area contributed by atoms with Gasteiger partial charge in [-0.2, -0.15) is 0 Å². The van der Waals surface area contributed by atoms with Crippen molar-refractivity contribution in [1.82, 2.24) is 5.32 Å². The molecule has 5 nitrogen and oxygen atoms in total. The predicted molar refractivity (Wildman–Crippen MR) is 90.9 cm³/mol. The highest BCUT2D eigenvalue weighted by molar-refractivity contribution is 5.85.